The number of nitrogens with zero attached hydrogens (tertiary/aromatic N) is 6. The first kappa shape index (κ1) is 52.5. The molecule has 0 unspecified atom stereocenters. The number of carbonyl (C=O) groups is 5. The number of benzene rings is 2. The predicted octanol–water partition coefficient (Wildman–Crippen LogP) is 3.22. The number of likely N-dealkylation sites (N-methyl/N-ethyl adjacent to an activating group) is 1. The Bertz CT molecular complexity index is 2760. The van der Waals surface area contributed by atoms with Crippen molar-refractivity contribution in [1.82, 2.24) is 40.0 Å². The van der Waals surface area contributed by atoms with Gasteiger partial charge in [-0.25, -0.2) is 4.79 Å². The molecule has 2 aromatic carbocycles. The highest BCUT2D eigenvalue weighted by atomic mass is 16.6. The highest BCUT2D eigenvalue weighted by Crippen LogP contribution is 2.41. The van der Waals surface area contributed by atoms with E-state index in [2.05, 4.69) is 45.1 Å². The number of esters is 1. The van der Waals surface area contributed by atoms with Crippen LogP contribution in [0.2, 0.25) is 0 Å². The largest absolute Gasteiger partial charge is 0.508 e. The molecule has 380 valence electrons. The van der Waals surface area contributed by atoms with Crippen LogP contribution in [0, 0.1) is 23.2 Å². The molecule has 2 saturated heterocycles. The molecule has 7 rings (SSSR count). The van der Waals surface area contributed by atoms with Gasteiger partial charge in [-0.05, 0) is 104 Å². The molecular formula is C53H68N8O10. The minimum Gasteiger partial charge on any atom is -0.508 e. The lowest BCUT2D eigenvalue weighted by Crippen LogP contribution is -2.67. The monoisotopic (exact) mass is 977 g/mol. The summed E-state index contributed by atoms with van der Waals surface area (Å²) in [7, 11) is 6.67. The number of methoxy groups -OCH3 is 1. The Kier molecular flexibility index (Phi) is 15.6. The predicted molar refractivity (Wildman–Crippen MR) is 266 cm³/mol. The number of hydrogen-bond acceptors (Lipinski definition) is 13. The second-order valence-electron chi connectivity index (χ2n) is 20.6. The number of aryl methyl sites for hydroxylation is 1. The molecule has 71 heavy (non-hydrogen) atoms. The smallest absolute Gasteiger partial charge is 0.355 e. The van der Waals surface area contributed by atoms with E-state index in [1.165, 1.54) is 18.0 Å². The number of hydrogen-bond donors (Lipinski definition) is 5. The van der Waals surface area contributed by atoms with Crippen molar-refractivity contribution in [3.63, 3.8) is 0 Å². The molecule has 0 spiro atoms. The van der Waals surface area contributed by atoms with Gasteiger partial charge in [0.1, 0.15) is 17.8 Å². The summed E-state index contributed by atoms with van der Waals surface area (Å²) in [4.78, 5) is 79.3. The van der Waals surface area contributed by atoms with Gasteiger partial charge in [0.05, 0.1) is 32.0 Å². The average molecular weight is 977 g/mol. The number of phenols is 1. The molecule has 0 radical (unpaired) electrons. The van der Waals surface area contributed by atoms with E-state index in [0.29, 0.717) is 37.2 Å². The maximum absolute atomic E-state index is 14.8. The summed E-state index contributed by atoms with van der Waals surface area (Å²) < 4.78 is 13.8. The van der Waals surface area contributed by atoms with E-state index in [1.54, 1.807) is 38.1 Å². The van der Waals surface area contributed by atoms with Crippen molar-refractivity contribution in [3.05, 3.63) is 71.5 Å². The first-order valence-corrected chi connectivity index (χ1v) is 24.2. The first-order valence-electron chi connectivity index (χ1n) is 24.2. The quantitative estimate of drug-likeness (QED) is 0.114. The summed E-state index contributed by atoms with van der Waals surface area (Å²) in [5, 5.41) is 39.8. The van der Waals surface area contributed by atoms with Gasteiger partial charge in [-0.2, -0.15) is 5.43 Å². The number of aromatic nitrogens is 2. The molecule has 2 fully saturated rings. The fourth-order valence-electron chi connectivity index (χ4n) is 10.1. The van der Waals surface area contributed by atoms with Crippen molar-refractivity contribution in [1.29, 1.82) is 0 Å². The minimum atomic E-state index is -2.30. The summed E-state index contributed by atoms with van der Waals surface area (Å²) in [6.07, 6.45) is 3.90. The van der Waals surface area contributed by atoms with Crippen LogP contribution in [-0.4, -0.2) is 159 Å². The van der Waals surface area contributed by atoms with Crippen LogP contribution in [0.15, 0.2) is 54.9 Å². The van der Waals surface area contributed by atoms with Gasteiger partial charge in [-0.1, -0.05) is 45.7 Å². The van der Waals surface area contributed by atoms with E-state index in [-0.39, 0.29) is 57.7 Å². The number of rotatable bonds is 10. The molecule has 4 atom stereocenters. The number of β-amino-alcohol motifs (C(OH)–C–C–N with tert-alkyl or cyclic N) is 1. The topological polar surface area (TPSA) is 219 Å². The van der Waals surface area contributed by atoms with E-state index in [1.807, 2.05) is 58.4 Å². The molecule has 2 aromatic heterocycles. The molecule has 3 aliphatic rings. The number of ether oxygens (including phenoxy) is 2. The molecule has 5 heterocycles. The third kappa shape index (κ3) is 11.2. The Hall–Kier alpha value is -6.36. The molecular weight excluding hydrogens is 909 g/mol. The maximum atomic E-state index is 14.8. The van der Waals surface area contributed by atoms with Gasteiger partial charge in [-0.15, -0.1) is 0 Å². The highest BCUT2D eigenvalue weighted by molar-refractivity contribution is 5.98. The van der Waals surface area contributed by atoms with Crippen LogP contribution in [0.25, 0.3) is 33.3 Å². The van der Waals surface area contributed by atoms with Gasteiger partial charge in [0.15, 0.2) is 5.60 Å². The maximum Gasteiger partial charge on any atom is 0.355 e. The van der Waals surface area contributed by atoms with Crippen molar-refractivity contribution < 1.29 is 48.8 Å². The summed E-state index contributed by atoms with van der Waals surface area (Å²) >= 11 is 0. The van der Waals surface area contributed by atoms with Crippen LogP contribution in [0.1, 0.15) is 70.6 Å². The Labute approximate surface area is 415 Å². The van der Waals surface area contributed by atoms with Crippen LogP contribution >= 0.6 is 0 Å². The number of aliphatic hydroxyl groups is 2. The van der Waals surface area contributed by atoms with Gasteiger partial charge >= 0.3 is 5.97 Å². The summed E-state index contributed by atoms with van der Waals surface area (Å²) in [6, 6.07) is 10.4. The molecule has 4 aromatic rings. The molecule has 3 aliphatic heterocycles. The highest BCUT2D eigenvalue weighted by Gasteiger charge is 2.49. The number of amides is 4. The van der Waals surface area contributed by atoms with Crippen LogP contribution in [-0.2, 0) is 59.4 Å². The number of likely N-dealkylation sites (tertiary alicyclic amines) is 1. The van der Waals surface area contributed by atoms with E-state index in [0.717, 1.165) is 48.8 Å². The Balaban J connectivity index is 1.28. The summed E-state index contributed by atoms with van der Waals surface area (Å²) in [5.41, 5.74) is 4.31. The number of cyclic esters (lactones) is 1. The SMILES string of the molecule is CCn1c(-c2cnccc2COC)c2c3cc(ccc31)-c1cc(O)cc(c1)C[C@H](NC(=O)[C@H](C(C)C)N(C)C(=O)[C@@]1(O)CCN(C(=O)C#CCN(C)C)C1)C(=O)N1CCC[C@@](O)(N1)C(=O)OCC(C)(C)C2. The lowest BCUT2D eigenvalue weighted by Gasteiger charge is -2.40. The van der Waals surface area contributed by atoms with Crippen molar-refractivity contribution in [2.75, 3.05) is 61.0 Å². The molecule has 6 bridgehead atoms. The fourth-order valence-corrected chi connectivity index (χ4v) is 10.1. The zero-order valence-electron chi connectivity index (χ0n) is 42.3. The number of nitrogens with one attached hydrogen (secondary N) is 2. The zero-order valence-corrected chi connectivity index (χ0v) is 42.3. The first-order chi connectivity index (χ1) is 33.6. The molecule has 4 amide bonds. The van der Waals surface area contributed by atoms with Crippen LogP contribution in [0.5, 0.6) is 5.75 Å². The number of hydrazine groups is 1. The Morgan fingerprint density at radius 2 is 1.80 bits per heavy atom. The van der Waals surface area contributed by atoms with Crippen LogP contribution < -0.4 is 10.7 Å². The van der Waals surface area contributed by atoms with E-state index >= 15 is 0 Å². The molecule has 18 heteroatoms. The third-order valence-electron chi connectivity index (χ3n) is 13.6. The minimum absolute atomic E-state index is 0.0603. The lowest BCUT2D eigenvalue weighted by molar-refractivity contribution is -0.189. The average Bonchev–Trinajstić information content (AvgIpc) is 3.87. The number of phenolic OH excluding ortho intramolecular Hbond substituents is 1. The molecule has 18 nitrogen and oxygen atoms in total. The molecule has 5 N–H and O–H groups in total. The number of aromatic hydroxyl groups is 1. The Morgan fingerprint density at radius 1 is 1.04 bits per heavy atom. The normalized spacial score (nSPS) is 21.9. The van der Waals surface area contributed by atoms with E-state index in [4.69, 9.17) is 9.47 Å². The van der Waals surface area contributed by atoms with Crippen molar-refractivity contribution >= 4 is 40.5 Å². The van der Waals surface area contributed by atoms with Gasteiger partial charge in [0.25, 0.3) is 17.7 Å². The second kappa shape index (κ2) is 21.2. The van der Waals surface area contributed by atoms with Crippen molar-refractivity contribution in [3.8, 4) is 40.0 Å². The Morgan fingerprint density at radius 3 is 2.51 bits per heavy atom. The van der Waals surface area contributed by atoms with Crippen LogP contribution in [0.3, 0.4) is 0 Å². The zero-order chi connectivity index (χ0) is 51.6. The standard InChI is InChI=1S/C53H68N8O10/c1-10-60-43-15-14-35-27-39(43)40(46(60)41-29-54-19-16-36(41)30-70-9)28-51(4,5)32-71-50(67)53(69)17-12-21-61(56-53)48(65)42(25-34-23-37(35)26-38(62)24-34)55-47(64)45(33(2)3)58(8)49(66)52(68)18-22-59(31-52)44(63)13-11-20-57(6)7/h14-16,19,23-24,26-27,29,33,42,45,56,62,68-69H,10,12,17-18,20-22,25,28,30-32H2,1-9H3,(H,55,64)/t42-,45-,52+,53-/m0/s1. The number of pyridine rings is 1. The number of fused-ring (bicyclic) bond motifs is 6. The van der Waals surface area contributed by atoms with Gasteiger partial charge in [0, 0.05) is 87.3 Å². The van der Waals surface area contributed by atoms with Crippen LogP contribution in [0.4, 0.5) is 0 Å². The molecule has 0 aliphatic carbocycles. The van der Waals surface area contributed by atoms with Crippen molar-refractivity contribution in [2.45, 2.75) is 103 Å². The summed E-state index contributed by atoms with van der Waals surface area (Å²) in [5.74, 6) is 1.02. The summed E-state index contributed by atoms with van der Waals surface area (Å²) in [6.45, 7) is 10.5. The molecule has 0 saturated carbocycles. The second-order valence-corrected chi connectivity index (χ2v) is 20.6. The van der Waals surface area contributed by atoms with E-state index in [9.17, 15) is 39.3 Å². The van der Waals surface area contributed by atoms with Gasteiger partial charge in [0.2, 0.25) is 11.6 Å². The van der Waals surface area contributed by atoms with E-state index < -0.39 is 64.3 Å². The number of carbonyl (C=O) groups excluding carboxylic acids is 5. The lowest BCUT2D eigenvalue weighted by atomic mass is 9.84. The fraction of sp³-hybridized carbons (Fsp3) is 0.509. The van der Waals surface area contributed by atoms with Gasteiger partial charge < -0.3 is 44.5 Å². The van der Waals surface area contributed by atoms with Crippen molar-refractivity contribution in [2.24, 2.45) is 11.3 Å². The third-order valence-corrected chi connectivity index (χ3v) is 13.6. The van der Waals surface area contributed by atoms with Gasteiger partial charge in [-0.3, -0.25) is 34.1 Å².